The van der Waals surface area contributed by atoms with E-state index >= 15 is 0 Å². The quantitative estimate of drug-likeness (QED) is 0.748. The molecule has 92 valence electrons. The minimum absolute atomic E-state index is 0.168. The van der Waals surface area contributed by atoms with Crippen molar-refractivity contribution in [3.8, 4) is 0 Å². The Kier molecular flexibility index (Phi) is 4.48. The van der Waals surface area contributed by atoms with E-state index in [1.807, 2.05) is 0 Å². The van der Waals surface area contributed by atoms with E-state index in [0.29, 0.717) is 0 Å². The molecule has 3 N–H and O–H groups in total. The fourth-order valence-electron chi connectivity index (χ4n) is 1.25. The van der Waals surface area contributed by atoms with Gasteiger partial charge in [-0.15, -0.1) is 0 Å². The van der Waals surface area contributed by atoms with Gasteiger partial charge in [-0.1, -0.05) is 23.7 Å². The fraction of sp³-hybridized carbons (Fsp3) is 0.273. The molecule has 1 rings (SSSR count). The predicted octanol–water partition coefficient (Wildman–Crippen LogP) is 0.904. The van der Waals surface area contributed by atoms with Gasteiger partial charge in [-0.05, 0) is 19.1 Å². The lowest BCUT2D eigenvalue weighted by molar-refractivity contribution is -0.141. The molecule has 17 heavy (non-hydrogen) atoms. The highest BCUT2D eigenvalue weighted by Gasteiger charge is 2.25. The van der Waals surface area contributed by atoms with Gasteiger partial charge in [0.25, 0.3) is 5.91 Å². The van der Waals surface area contributed by atoms with Crippen molar-refractivity contribution < 1.29 is 19.8 Å². The number of amides is 1. The highest BCUT2D eigenvalue weighted by atomic mass is 35.5. The van der Waals surface area contributed by atoms with Crippen LogP contribution < -0.4 is 5.32 Å². The zero-order valence-corrected chi connectivity index (χ0v) is 9.81. The maximum absolute atomic E-state index is 11.7. The van der Waals surface area contributed by atoms with E-state index in [1.54, 1.807) is 12.1 Å². The largest absolute Gasteiger partial charge is 0.480 e. The van der Waals surface area contributed by atoms with E-state index in [4.69, 9.17) is 16.7 Å². The average molecular weight is 258 g/mol. The van der Waals surface area contributed by atoms with Crippen LogP contribution in [0.25, 0.3) is 0 Å². The number of carbonyl (C=O) groups is 2. The number of carbonyl (C=O) groups excluding carboxylic acids is 1. The van der Waals surface area contributed by atoms with Crippen LogP contribution >= 0.6 is 11.6 Å². The number of hydrogen-bond donors (Lipinski definition) is 3. The van der Waals surface area contributed by atoms with Crippen molar-refractivity contribution in [2.45, 2.75) is 19.1 Å². The van der Waals surface area contributed by atoms with Gasteiger partial charge in [0.1, 0.15) is 0 Å². The first-order valence-electron chi connectivity index (χ1n) is 4.89. The Labute approximate surface area is 103 Å². The first-order chi connectivity index (χ1) is 7.93. The zero-order valence-electron chi connectivity index (χ0n) is 9.05. The van der Waals surface area contributed by atoms with Crippen molar-refractivity contribution in [3.05, 3.63) is 34.9 Å². The molecule has 0 bridgehead atoms. The minimum atomic E-state index is -1.36. The number of aliphatic carboxylic acids is 1. The van der Waals surface area contributed by atoms with E-state index in [9.17, 15) is 14.7 Å². The normalized spacial score (nSPS) is 13.8. The summed E-state index contributed by atoms with van der Waals surface area (Å²) < 4.78 is 0. The van der Waals surface area contributed by atoms with Crippen LogP contribution in [0, 0.1) is 0 Å². The molecule has 0 aromatic heterocycles. The second kappa shape index (κ2) is 5.65. The Morgan fingerprint density at radius 3 is 2.41 bits per heavy atom. The standard InChI is InChI=1S/C11H12ClNO4/c1-6(14)9(11(16)17)13-10(15)7-4-2-3-5-8(7)12/h2-6,9,14H,1H3,(H,13,15)(H,16,17)/t6-,9+/m0/s1. The van der Waals surface area contributed by atoms with Gasteiger partial charge in [0, 0.05) is 0 Å². The summed E-state index contributed by atoms with van der Waals surface area (Å²) in [6.45, 7) is 1.28. The summed E-state index contributed by atoms with van der Waals surface area (Å²) in [4.78, 5) is 22.5. The lowest BCUT2D eigenvalue weighted by Crippen LogP contribution is -2.47. The van der Waals surface area contributed by atoms with Gasteiger partial charge in [0.2, 0.25) is 0 Å². The number of benzene rings is 1. The van der Waals surface area contributed by atoms with Crippen molar-refractivity contribution in [2.24, 2.45) is 0 Å². The molecule has 0 aliphatic rings. The third kappa shape index (κ3) is 3.44. The molecule has 0 unspecified atom stereocenters. The molecule has 0 aliphatic heterocycles. The van der Waals surface area contributed by atoms with Crippen molar-refractivity contribution in [3.63, 3.8) is 0 Å². The summed E-state index contributed by atoms with van der Waals surface area (Å²) in [6.07, 6.45) is -1.20. The fourth-order valence-corrected chi connectivity index (χ4v) is 1.47. The summed E-state index contributed by atoms with van der Waals surface area (Å²) in [5.41, 5.74) is 0.168. The van der Waals surface area contributed by atoms with Gasteiger partial charge >= 0.3 is 5.97 Å². The zero-order chi connectivity index (χ0) is 13.0. The second-order valence-corrected chi connectivity index (χ2v) is 3.92. The molecule has 0 heterocycles. The molecule has 1 aromatic carbocycles. The van der Waals surface area contributed by atoms with Gasteiger partial charge in [-0.25, -0.2) is 4.79 Å². The third-order valence-electron chi connectivity index (χ3n) is 2.15. The highest BCUT2D eigenvalue weighted by molar-refractivity contribution is 6.33. The van der Waals surface area contributed by atoms with Crippen LogP contribution in [0.15, 0.2) is 24.3 Å². The van der Waals surface area contributed by atoms with Crippen molar-refractivity contribution in [1.29, 1.82) is 0 Å². The Morgan fingerprint density at radius 2 is 1.94 bits per heavy atom. The van der Waals surface area contributed by atoms with Crippen LogP contribution in [-0.2, 0) is 4.79 Å². The molecule has 0 spiro atoms. The highest BCUT2D eigenvalue weighted by Crippen LogP contribution is 2.14. The van der Waals surface area contributed by atoms with E-state index < -0.39 is 24.0 Å². The Balaban J connectivity index is 2.85. The van der Waals surface area contributed by atoms with Crippen molar-refractivity contribution >= 4 is 23.5 Å². The van der Waals surface area contributed by atoms with Gasteiger partial charge in [-0.2, -0.15) is 0 Å². The summed E-state index contributed by atoms with van der Waals surface area (Å²) >= 11 is 5.79. The van der Waals surface area contributed by atoms with Crippen LogP contribution in [0.3, 0.4) is 0 Å². The minimum Gasteiger partial charge on any atom is -0.480 e. The predicted molar refractivity (Wildman–Crippen MR) is 62.0 cm³/mol. The molecular formula is C11H12ClNO4. The maximum atomic E-state index is 11.7. The average Bonchev–Trinajstić information content (AvgIpc) is 2.25. The lowest BCUT2D eigenvalue weighted by atomic mass is 10.1. The SMILES string of the molecule is C[C@H](O)[C@@H](NC(=O)c1ccccc1Cl)C(=O)O. The van der Waals surface area contributed by atoms with Crippen LogP contribution in [0.1, 0.15) is 17.3 Å². The van der Waals surface area contributed by atoms with Gasteiger partial charge < -0.3 is 15.5 Å². The molecule has 0 radical (unpaired) electrons. The number of carboxylic acid groups (broad SMARTS) is 1. The van der Waals surface area contributed by atoms with E-state index in [0.717, 1.165) is 0 Å². The molecule has 2 atom stereocenters. The summed E-state index contributed by atoms with van der Waals surface area (Å²) in [5, 5.41) is 20.4. The number of rotatable bonds is 4. The molecular weight excluding hydrogens is 246 g/mol. The number of aliphatic hydroxyl groups excluding tert-OH is 1. The monoisotopic (exact) mass is 257 g/mol. The topological polar surface area (TPSA) is 86.6 Å². The number of aliphatic hydroxyl groups is 1. The Hall–Kier alpha value is -1.59. The molecule has 1 aromatic rings. The number of hydrogen-bond acceptors (Lipinski definition) is 3. The molecule has 0 saturated carbocycles. The van der Waals surface area contributed by atoms with Crippen LogP contribution in [0.2, 0.25) is 5.02 Å². The smallest absolute Gasteiger partial charge is 0.328 e. The number of halogens is 1. The van der Waals surface area contributed by atoms with Gasteiger partial charge in [-0.3, -0.25) is 4.79 Å². The Bertz CT molecular complexity index is 433. The molecule has 5 nitrogen and oxygen atoms in total. The van der Waals surface area contributed by atoms with Crippen LogP contribution in [-0.4, -0.2) is 34.2 Å². The van der Waals surface area contributed by atoms with Crippen LogP contribution in [0.5, 0.6) is 0 Å². The first kappa shape index (κ1) is 13.5. The Morgan fingerprint density at radius 1 is 1.35 bits per heavy atom. The molecule has 0 fully saturated rings. The third-order valence-corrected chi connectivity index (χ3v) is 2.48. The number of nitrogens with one attached hydrogen (secondary N) is 1. The molecule has 1 amide bonds. The van der Waals surface area contributed by atoms with Crippen molar-refractivity contribution in [1.82, 2.24) is 5.32 Å². The first-order valence-corrected chi connectivity index (χ1v) is 5.27. The van der Waals surface area contributed by atoms with Crippen molar-refractivity contribution in [2.75, 3.05) is 0 Å². The van der Waals surface area contributed by atoms with Gasteiger partial charge in [0.05, 0.1) is 16.7 Å². The number of carboxylic acids is 1. The maximum Gasteiger partial charge on any atom is 0.328 e. The summed E-state index contributed by atoms with van der Waals surface area (Å²) in [7, 11) is 0. The van der Waals surface area contributed by atoms with Crippen LogP contribution in [0.4, 0.5) is 0 Å². The van der Waals surface area contributed by atoms with E-state index in [2.05, 4.69) is 5.32 Å². The molecule has 6 heteroatoms. The second-order valence-electron chi connectivity index (χ2n) is 3.51. The van der Waals surface area contributed by atoms with E-state index in [-0.39, 0.29) is 10.6 Å². The summed E-state index contributed by atoms with van der Waals surface area (Å²) in [5.74, 6) is -1.94. The molecule has 0 saturated heterocycles. The van der Waals surface area contributed by atoms with E-state index in [1.165, 1.54) is 19.1 Å². The molecule has 0 aliphatic carbocycles. The lowest BCUT2D eigenvalue weighted by Gasteiger charge is -2.17. The van der Waals surface area contributed by atoms with Gasteiger partial charge in [0.15, 0.2) is 6.04 Å². The summed E-state index contributed by atoms with van der Waals surface area (Å²) in [6, 6.07) is 4.90.